The van der Waals surface area contributed by atoms with Gasteiger partial charge in [-0.1, -0.05) is 30.3 Å². The van der Waals surface area contributed by atoms with Gasteiger partial charge >= 0.3 is 0 Å². The highest BCUT2D eigenvalue weighted by Gasteiger charge is 2.64. The molecule has 0 saturated carbocycles. The van der Waals surface area contributed by atoms with E-state index in [4.69, 9.17) is 4.42 Å². The predicted octanol–water partition coefficient (Wildman–Crippen LogP) is 1.85. The van der Waals surface area contributed by atoms with Gasteiger partial charge in [-0.25, -0.2) is 0 Å². The quantitative estimate of drug-likeness (QED) is 0.737. The fourth-order valence-corrected chi connectivity index (χ4v) is 4.57. The van der Waals surface area contributed by atoms with Gasteiger partial charge in [0.2, 0.25) is 5.76 Å². The molecule has 3 aromatic rings. The molecule has 2 amide bonds. The van der Waals surface area contributed by atoms with Gasteiger partial charge in [0, 0.05) is 31.5 Å². The largest absolute Gasteiger partial charge is 0.450 e. The van der Waals surface area contributed by atoms with E-state index in [0.717, 1.165) is 0 Å². The second kappa shape index (κ2) is 6.02. The Morgan fingerprint density at radius 1 is 1.03 bits per heavy atom. The van der Waals surface area contributed by atoms with E-state index in [1.165, 1.54) is 9.80 Å². The molecular formula is C22H18N2O5. The van der Waals surface area contributed by atoms with E-state index >= 15 is 0 Å². The van der Waals surface area contributed by atoms with Crippen molar-refractivity contribution in [1.82, 2.24) is 4.90 Å². The van der Waals surface area contributed by atoms with Crippen molar-refractivity contribution in [3.63, 3.8) is 0 Å². The Balaban J connectivity index is 1.93. The zero-order chi connectivity index (χ0) is 20.3. The highest BCUT2D eigenvalue weighted by atomic mass is 16.3. The van der Waals surface area contributed by atoms with Crippen molar-refractivity contribution >= 4 is 28.5 Å². The Kier molecular flexibility index (Phi) is 3.66. The van der Waals surface area contributed by atoms with Crippen LogP contribution in [0.2, 0.25) is 0 Å². The zero-order valence-electron chi connectivity index (χ0n) is 15.7. The van der Waals surface area contributed by atoms with Crippen LogP contribution in [0.15, 0.2) is 57.7 Å². The summed E-state index contributed by atoms with van der Waals surface area (Å²) in [6.45, 7) is -0.0333. The minimum Gasteiger partial charge on any atom is -0.450 e. The lowest BCUT2D eigenvalue weighted by Gasteiger charge is -2.33. The molecule has 1 N–H and O–H groups in total. The Morgan fingerprint density at radius 3 is 2.55 bits per heavy atom. The SMILES string of the molecule is CN1C(=O)[C@]2(c3ccccc31)c1c(oc3ccccc3c1=O)C(=O)N2CCCO. The molecule has 0 fully saturated rings. The van der Waals surface area contributed by atoms with Crippen LogP contribution in [0.5, 0.6) is 0 Å². The normalized spacial score (nSPS) is 20.1. The maximum Gasteiger partial charge on any atom is 0.291 e. The third kappa shape index (κ3) is 2.02. The molecule has 0 aliphatic carbocycles. The topological polar surface area (TPSA) is 91.1 Å². The predicted molar refractivity (Wildman–Crippen MR) is 106 cm³/mol. The summed E-state index contributed by atoms with van der Waals surface area (Å²) < 4.78 is 5.87. The summed E-state index contributed by atoms with van der Waals surface area (Å²) in [6, 6.07) is 13.8. The molecule has 0 saturated heterocycles. The van der Waals surface area contributed by atoms with E-state index in [-0.39, 0.29) is 42.2 Å². The average Bonchev–Trinajstić information content (AvgIpc) is 3.12. The molecule has 2 aromatic carbocycles. The lowest BCUT2D eigenvalue weighted by Crippen LogP contribution is -2.53. The number of hydrogen-bond acceptors (Lipinski definition) is 5. The van der Waals surface area contributed by atoms with E-state index < -0.39 is 11.4 Å². The summed E-state index contributed by atoms with van der Waals surface area (Å²) in [5.41, 5.74) is -0.408. The number of anilines is 1. The van der Waals surface area contributed by atoms with Crippen LogP contribution in [0, 0.1) is 0 Å². The standard InChI is InChI=1S/C22H18N2O5/c1-23-15-9-4-3-8-14(15)22(21(23)28)17-18(26)13-7-2-5-10-16(13)29-19(17)20(27)24(22)11-6-12-25/h2-5,7-10,25H,6,11-12H2,1H3/t22-/m0/s1. The summed E-state index contributed by atoms with van der Waals surface area (Å²) in [5, 5.41) is 9.69. The number of amides is 2. The number of aliphatic hydroxyl groups is 1. The van der Waals surface area contributed by atoms with Gasteiger partial charge in [0.15, 0.2) is 11.0 Å². The van der Waals surface area contributed by atoms with Crippen LogP contribution in [-0.2, 0) is 10.3 Å². The molecule has 7 heteroatoms. The molecule has 0 bridgehead atoms. The number of fused-ring (bicyclic) bond motifs is 5. The van der Waals surface area contributed by atoms with E-state index in [1.807, 2.05) is 0 Å². The second-order valence-corrected chi connectivity index (χ2v) is 7.26. The number of carbonyl (C=O) groups excluding carboxylic acids is 2. The Labute approximate surface area is 165 Å². The van der Waals surface area contributed by atoms with E-state index in [2.05, 4.69) is 0 Å². The van der Waals surface area contributed by atoms with Gasteiger partial charge < -0.3 is 19.3 Å². The number of aliphatic hydroxyl groups excluding tert-OH is 1. The van der Waals surface area contributed by atoms with Crippen molar-refractivity contribution < 1.29 is 19.1 Å². The zero-order valence-corrected chi connectivity index (χ0v) is 15.7. The number of hydrogen-bond donors (Lipinski definition) is 1. The third-order valence-electron chi connectivity index (χ3n) is 5.81. The molecule has 29 heavy (non-hydrogen) atoms. The Hall–Kier alpha value is -3.45. The summed E-state index contributed by atoms with van der Waals surface area (Å²) in [5.74, 6) is -1.01. The first kappa shape index (κ1) is 17.6. The highest BCUT2D eigenvalue weighted by Crippen LogP contribution is 2.51. The van der Waals surface area contributed by atoms with Crippen molar-refractivity contribution in [3.05, 3.63) is 75.6 Å². The number of rotatable bonds is 3. The monoisotopic (exact) mass is 390 g/mol. The van der Waals surface area contributed by atoms with Crippen molar-refractivity contribution in [2.45, 2.75) is 12.0 Å². The molecule has 1 atom stereocenters. The molecule has 5 rings (SSSR count). The maximum absolute atomic E-state index is 13.6. The van der Waals surface area contributed by atoms with Crippen LogP contribution in [0.4, 0.5) is 5.69 Å². The molecule has 1 spiro atoms. The minimum absolute atomic E-state index is 0.0564. The molecule has 146 valence electrons. The summed E-state index contributed by atoms with van der Waals surface area (Å²) in [6.07, 6.45) is 0.272. The lowest BCUT2D eigenvalue weighted by molar-refractivity contribution is -0.125. The smallest absolute Gasteiger partial charge is 0.291 e. The van der Waals surface area contributed by atoms with Crippen LogP contribution in [0.25, 0.3) is 11.0 Å². The van der Waals surface area contributed by atoms with Crippen LogP contribution in [0.3, 0.4) is 0 Å². The van der Waals surface area contributed by atoms with Gasteiger partial charge in [-0.15, -0.1) is 0 Å². The van der Waals surface area contributed by atoms with E-state index in [0.29, 0.717) is 22.2 Å². The highest BCUT2D eigenvalue weighted by molar-refractivity contribution is 6.16. The molecule has 2 aliphatic rings. The first-order chi connectivity index (χ1) is 14.0. The Bertz CT molecular complexity index is 1250. The van der Waals surface area contributed by atoms with Gasteiger partial charge in [-0.3, -0.25) is 14.4 Å². The van der Waals surface area contributed by atoms with Gasteiger partial charge in [-0.05, 0) is 24.6 Å². The molecule has 1 aromatic heterocycles. The van der Waals surface area contributed by atoms with Crippen molar-refractivity contribution in [1.29, 1.82) is 0 Å². The fraction of sp³-hybridized carbons (Fsp3) is 0.227. The van der Waals surface area contributed by atoms with Gasteiger partial charge in [0.05, 0.1) is 10.9 Å². The van der Waals surface area contributed by atoms with Crippen LogP contribution < -0.4 is 10.3 Å². The lowest BCUT2D eigenvalue weighted by atomic mass is 9.84. The van der Waals surface area contributed by atoms with E-state index in [9.17, 15) is 19.5 Å². The summed E-state index contributed by atoms with van der Waals surface area (Å²) in [7, 11) is 1.63. The van der Waals surface area contributed by atoms with Crippen molar-refractivity contribution in [2.24, 2.45) is 0 Å². The average molecular weight is 390 g/mol. The molecule has 0 radical (unpaired) electrons. The van der Waals surface area contributed by atoms with Crippen LogP contribution >= 0.6 is 0 Å². The first-order valence-corrected chi connectivity index (χ1v) is 9.40. The van der Waals surface area contributed by atoms with Crippen LogP contribution in [0.1, 0.15) is 28.1 Å². The number of benzene rings is 2. The van der Waals surface area contributed by atoms with Crippen molar-refractivity contribution in [3.8, 4) is 0 Å². The number of para-hydroxylation sites is 2. The molecule has 0 unspecified atom stereocenters. The number of carbonyl (C=O) groups is 2. The first-order valence-electron chi connectivity index (χ1n) is 9.40. The molecular weight excluding hydrogens is 372 g/mol. The third-order valence-corrected chi connectivity index (χ3v) is 5.81. The van der Waals surface area contributed by atoms with Crippen LogP contribution in [-0.4, -0.2) is 42.0 Å². The summed E-state index contributed by atoms with van der Waals surface area (Å²) in [4.78, 5) is 43.4. The van der Waals surface area contributed by atoms with E-state index in [1.54, 1.807) is 55.6 Å². The molecule has 2 aliphatic heterocycles. The van der Waals surface area contributed by atoms with Gasteiger partial charge in [-0.2, -0.15) is 0 Å². The second-order valence-electron chi connectivity index (χ2n) is 7.26. The molecule has 3 heterocycles. The molecule has 7 nitrogen and oxygen atoms in total. The summed E-state index contributed by atoms with van der Waals surface area (Å²) >= 11 is 0. The Morgan fingerprint density at radius 2 is 1.76 bits per heavy atom. The van der Waals surface area contributed by atoms with Gasteiger partial charge in [0.25, 0.3) is 11.8 Å². The fourth-order valence-electron chi connectivity index (χ4n) is 4.57. The van der Waals surface area contributed by atoms with Gasteiger partial charge in [0.1, 0.15) is 5.58 Å². The maximum atomic E-state index is 13.6. The number of likely N-dealkylation sites (N-methyl/N-ethyl adjacent to an activating group) is 1. The van der Waals surface area contributed by atoms with Crippen molar-refractivity contribution in [2.75, 3.05) is 25.1 Å². The minimum atomic E-state index is -1.59. The number of nitrogens with zero attached hydrogens (tertiary/aromatic N) is 2.